The van der Waals surface area contributed by atoms with E-state index in [0.717, 1.165) is 5.69 Å². The fraction of sp³-hybridized carbons (Fsp3) is 0.200. The predicted molar refractivity (Wildman–Crippen MR) is 63.9 cm³/mol. The summed E-state index contributed by atoms with van der Waals surface area (Å²) < 4.78 is 4.75. The molecule has 0 unspecified atom stereocenters. The van der Waals surface area contributed by atoms with Crippen molar-refractivity contribution < 1.29 is 9.53 Å². The molecule has 1 heterocycles. The lowest BCUT2D eigenvalue weighted by molar-refractivity contribution is 0.153. The van der Waals surface area contributed by atoms with Crippen LogP contribution >= 0.6 is 12.2 Å². The third kappa shape index (κ3) is 2.60. The summed E-state index contributed by atoms with van der Waals surface area (Å²) in [6.45, 7) is 0.884. The molecule has 1 aliphatic rings. The fourth-order valence-corrected chi connectivity index (χ4v) is 1.53. The van der Waals surface area contributed by atoms with Crippen LogP contribution in [0.3, 0.4) is 0 Å². The van der Waals surface area contributed by atoms with Crippen molar-refractivity contribution in [2.45, 2.75) is 0 Å². The average molecular weight is 237 g/mol. The number of anilines is 1. The number of amides is 1. The Morgan fingerprint density at radius 2 is 2.12 bits per heavy atom. The van der Waals surface area contributed by atoms with E-state index in [1.807, 2.05) is 30.3 Å². The lowest BCUT2D eigenvalue weighted by Crippen LogP contribution is -2.44. The monoisotopic (exact) mass is 237 g/mol. The van der Waals surface area contributed by atoms with Crippen LogP contribution in [0.1, 0.15) is 0 Å². The van der Waals surface area contributed by atoms with Gasteiger partial charge in [0, 0.05) is 5.69 Å². The standard InChI is InChI=1S/C10H11N3O2S/c14-10-13(6-7-15-10)12-9(16)11-8-4-2-1-3-5-8/h1-5H,6-7H2,(H2,11,12,16). The maximum absolute atomic E-state index is 11.1. The summed E-state index contributed by atoms with van der Waals surface area (Å²) in [5, 5.41) is 4.66. The molecule has 0 aromatic heterocycles. The summed E-state index contributed by atoms with van der Waals surface area (Å²) >= 11 is 5.05. The highest BCUT2D eigenvalue weighted by molar-refractivity contribution is 7.80. The first kappa shape index (κ1) is 10.7. The summed E-state index contributed by atoms with van der Waals surface area (Å²) in [7, 11) is 0. The molecule has 1 aliphatic heterocycles. The van der Waals surface area contributed by atoms with Crippen LogP contribution in [0.4, 0.5) is 10.5 Å². The van der Waals surface area contributed by atoms with Crippen molar-refractivity contribution in [3.05, 3.63) is 30.3 Å². The van der Waals surface area contributed by atoms with Crippen LogP contribution < -0.4 is 10.7 Å². The van der Waals surface area contributed by atoms with E-state index in [0.29, 0.717) is 18.3 Å². The van der Waals surface area contributed by atoms with Gasteiger partial charge in [0.25, 0.3) is 0 Å². The molecule has 0 aliphatic carbocycles. The van der Waals surface area contributed by atoms with E-state index in [2.05, 4.69) is 10.7 Å². The zero-order valence-corrected chi connectivity index (χ0v) is 9.29. The highest BCUT2D eigenvalue weighted by atomic mass is 32.1. The van der Waals surface area contributed by atoms with Crippen LogP contribution in [0, 0.1) is 0 Å². The summed E-state index contributed by atoms with van der Waals surface area (Å²) in [4.78, 5) is 11.1. The Kier molecular flexibility index (Phi) is 3.21. The fourth-order valence-electron chi connectivity index (χ4n) is 1.30. The highest BCUT2D eigenvalue weighted by Crippen LogP contribution is 2.05. The number of hydrogen-bond donors (Lipinski definition) is 2. The molecule has 5 nitrogen and oxygen atoms in total. The van der Waals surface area contributed by atoms with Gasteiger partial charge < -0.3 is 10.1 Å². The van der Waals surface area contributed by atoms with E-state index in [1.165, 1.54) is 5.01 Å². The Labute approximate surface area is 98.3 Å². The summed E-state index contributed by atoms with van der Waals surface area (Å²) in [5.41, 5.74) is 3.62. The first-order valence-corrected chi connectivity index (χ1v) is 5.23. The lowest BCUT2D eigenvalue weighted by Gasteiger charge is -2.16. The van der Waals surface area contributed by atoms with Gasteiger partial charge in [0.15, 0.2) is 5.11 Å². The van der Waals surface area contributed by atoms with Gasteiger partial charge in [0.05, 0.1) is 6.54 Å². The number of cyclic esters (lactones) is 1. The van der Waals surface area contributed by atoms with Gasteiger partial charge in [-0.05, 0) is 24.4 Å². The molecule has 2 rings (SSSR count). The first-order chi connectivity index (χ1) is 7.75. The van der Waals surface area contributed by atoms with Gasteiger partial charge in [-0.15, -0.1) is 0 Å². The summed E-state index contributed by atoms with van der Waals surface area (Å²) in [6.07, 6.45) is -0.405. The minimum Gasteiger partial charge on any atom is -0.446 e. The molecular weight excluding hydrogens is 226 g/mol. The number of hydrazine groups is 1. The molecule has 1 fully saturated rings. The molecule has 1 aromatic carbocycles. The third-order valence-corrected chi connectivity index (χ3v) is 2.22. The first-order valence-electron chi connectivity index (χ1n) is 4.83. The number of thiocarbonyl (C=S) groups is 1. The number of ether oxygens (including phenoxy) is 1. The van der Waals surface area contributed by atoms with E-state index in [4.69, 9.17) is 17.0 Å². The second-order valence-electron chi connectivity index (χ2n) is 3.20. The lowest BCUT2D eigenvalue weighted by atomic mass is 10.3. The van der Waals surface area contributed by atoms with Gasteiger partial charge in [0.2, 0.25) is 0 Å². The van der Waals surface area contributed by atoms with Crippen molar-refractivity contribution in [2.24, 2.45) is 0 Å². The molecule has 6 heteroatoms. The Morgan fingerprint density at radius 1 is 1.38 bits per heavy atom. The van der Waals surface area contributed by atoms with E-state index in [9.17, 15) is 4.79 Å². The number of nitrogens with one attached hydrogen (secondary N) is 2. The molecule has 0 saturated carbocycles. The van der Waals surface area contributed by atoms with Gasteiger partial charge in [0.1, 0.15) is 6.61 Å². The topological polar surface area (TPSA) is 53.6 Å². The maximum atomic E-state index is 11.1. The van der Waals surface area contributed by atoms with E-state index < -0.39 is 6.09 Å². The van der Waals surface area contributed by atoms with Crippen molar-refractivity contribution >= 4 is 29.1 Å². The SMILES string of the molecule is O=C1OCCN1NC(=S)Nc1ccccc1. The quantitative estimate of drug-likeness (QED) is 0.760. The van der Waals surface area contributed by atoms with Crippen LogP contribution in [0.15, 0.2) is 30.3 Å². The van der Waals surface area contributed by atoms with Crippen molar-refractivity contribution in [1.82, 2.24) is 10.4 Å². The summed E-state index contributed by atoms with van der Waals surface area (Å²) in [6, 6.07) is 9.48. The Morgan fingerprint density at radius 3 is 2.75 bits per heavy atom. The van der Waals surface area contributed by atoms with Crippen molar-refractivity contribution in [1.29, 1.82) is 0 Å². The van der Waals surface area contributed by atoms with Gasteiger partial charge in [-0.25, -0.2) is 9.80 Å². The normalized spacial score (nSPS) is 14.5. The molecule has 0 bridgehead atoms. The van der Waals surface area contributed by atoms with Crippen molar-refractivity contribution in [3.63, 3.8) is 0 Å². The second kappa shape index (κ2) is 4.80. The van der Waals surface area contributed by atoms with E-state index in [1.54, 1.807) is 0 Å². The van der Waals surface area contributed by atoms with Crippen LogP contribution in [0.2, 0.25) is 0 Å². The largest absolute Gasteiger partial charge is 0.446 e. The molecule has 1 saturated heterocycles. The number of carbonyl (C=O) groups is 1. The molecule has 1 amide bonds. The minimum absolute atomic E-state index is 0.366. The number of nitrogens with zero attached hydrogens (tertiary/aromatic N) is 1. The van der Waals surface area contributed by atoms with Crippen molar-refractivity contribution in [3.8, 4) is 0 Å². The van der Waals surface area contributed by atoms with Crippen LogP contribution in [0.25, 0.3) is 0 Å². The number of benzene rings is 1. The molecule has 84 valence electrons. The predicted octanol–water partition coefficient (Wildman–Crippen LogP) is 1.34. The maximum Gasteiger partial charge on any atom is 0.428 e. The second-order valence-corrected chi connectivity index (χ2v) is 3.61. The molecule has 1 aromatic rings. The molecule has 0 atom stereocenters. The number of carbonyl (C=O) groups excluding carboxylic acids is 1. The highest BCUT2D eigenvalue weighted by Gasteiger charge is 2.22. The summed E-state index contributed by atoms with van der Waals surface area (Å²) in [5.74, 6) is 0. The Hall–Kier alpha value is -1.82. The Balaban J connectivity index is 1.87. The average Bonchev–Trinajstić information content (AvgIpc) is 2.66. The van der Waals surface area contributed by atoms with E-state index in [-0.39, 0.29) is 0 Å². The Bertz CT molecular complexity index is 396. The third-order valence-electron chi connectivity index (χ3n) is 2.03. The molecular formula is C10H11N3O2S. The smallest absolute Gasteiger partial charge is 0.428 e. The van der Waals surface area contributed by atoms with Crippen molar-refractivity contribution in [2.75, 3.05) is 18.5 Å². The van der Waals surface area contributed by atoms with Gasteiger partial charge in [-0.3, -0.25) is 5.43 Å². The molecule has 0 spiro atoms. The number of hydrogen-bond acceptors (Lipinski definition) is 3. The molecule has 0 radical (unpaired) electrons. The zero-order valence-electron chi connectivity index (χ0n) is 8.47. The zero-order chi connectivity index (χ0) is 11.4. The van der Waals surface area contributed by atoms with Gasteiger partial charge >= 0.3 is 6.09 Å². The van der Waals surface area contributed by atoms with Crippen LogP contribution in [-0.4, -0.2) is 29.4 Å². The van der Waals surface area contributed by atoms with Gasteiger partial charge in [-0.1, -0.05) is 18.2 Å². The van der Waals surface area contributed by atoms with Gasteiger partial charge in [-0.2, -0.15) is 0 Å². The van der Waals surface area contributed by atoms with Crippen LogP contribution in [0.5, 0.6) is 0 Å². The number of para-hydroxylation sites is 1. The number of rotatable bonds is 2. The van der Waals surface area contributed by atoms with E-state index >= 15 is 0 Å². The minimum atomic E-state index is -0.405. The van der Waals surface area contributed by atoms with Crippen LogP contribution in [-0.2, 0) is 4.74 Å². The molecule has 2 N–H and O–H groups in total. The molecule has 16 heavy (non-hydrogen) atoms.